The first-order valence-electron chi connectivity index (χ1n) is 6.16. The number of benzene rings is 1. The number of nitrogens with zero attached hydrogens (tertiary/aromatic N) is 1. The molecule has 1 atom stereocenters. The van der Waals surface area contributed by atoms with E-state index in [0.717, 1.165) is 13.0 Å². The predicted octanol–water partition coefficient (Wildman–Crippen LogP) is 0.143. The van der Waals surface area contributed by atoms with Gasteiger partial charge in [0.15, 0.2) is 0 Å². The molecule has 3 N–H and O–H groups in total. The molecule has 19 heavy (non-hydrogen) atoms. The Balaban J connectivity index is 1.98. The van der Waals surface area contributed by atoms with Gasteiger partial charge in [-0.25, -0.2) is 4.90 Å². The van der Waals surface area contributed by atoms with Gasteiger partial charge >= 0.3 is 0 Å². The van der Waals surface area contributed by atoms with Crippen molar-refractivity contribution in [2.24, 2.45) is 0 Å². The number of carbonyl (C=O) groups is 3. The average molecular weight is 259 g/mol. The number of hydrogen-bond donors (Lipinski definition) is 2. The third kappa shape index (κ3) is 1.64. The molecule has 0 saturated carbocycles. The summed E-state index contributed by atoms with van der Waals surface area (Å²) in [6.07, 6.45) is 1.50. The van der Waals surface area contributed by atoms with E-state index in [2.05, 4.69) is 5.32 Å². The predicted molar refractivity (Wildman–Crippen MR) is 67.4 cm³/mol. The molecule has 3 amide bonds. The Hall–Kier alpha value is -2.21. The van der Waals surface area contributed by atoms with Crippen molar-refractivity contribution in [3.05, 3.63) is 29.3 Å². The van der Waals surface area contributed by atoms with Crippen LogP contribution in [-0.2, 0) is 4.79 Å². The quantitative estimate of drug-likeness (QED) is 0.553. The normalized spacial score (nSPS) is 21.9. The van der Waals surface area contributed by atoms with Gasteiger partial charge in [-0.2, -0.15) is 0 Å². The van der Waals surface area contributed by atoms with Crippen molar-refractivity contribution < 1.29 is 14.4 Å². The molecular formula is C13H13N3O3. The number of hydrogen-bond acceptors (Lipinski definition) is 5. The Labute approximate surface area is 109 Å². The minimum absolute atomic E-state index is 0.138. The average Bonchev–Trinajstić information content (AvgIpc) is 2.98. The Bertz CT molecular complexity index is 591. The summed E-state index contributed by atoms with van der Waals surface area (Å²) in [4.78, 5) is 37.3. The van der Waals surface area contributed by atoms with Crippen LogP contribution < -0.4 is 11.1 Å². The Morgan fingerprint density at radius 2 is 2.11 bits per heavy atom. The molecule has 6 heteroatoms. The molecule has 0 aromatic heterocycles. The van der Waals surface area contributed by atoms with Crippen LogP contribution in [-0.4, -0.2) is 35.2 Å². The van der Waals surface area contributed by atoms with E-state index >= 15 is 0 Å². The van der Waals surface area contributed by atoms with E-state index in [1.807, 2.05) is 0 Å². The largest absolute Gasteiger partial charge is 0.398 e. The number of nitrogen functional groups attached to an aromatic ring is 1. The van der Waals surface area contributed by atoms with E-state index in [0.29, 0.717) is 11.3 Å². The second-order valence-electron chi connectivity index (χ2n) is 4.70. The summed E-state index contributed by atoms with van der Waals surface area (Å²) in [6, 6.07) is 4.21. The highest BCUT2D eigenvalue weighted by Crippen LogP contribution is 2.28. The number of amides is 3. The van der Waals surface area contributed by atoms with Crippen molar-refractivity contribution in [3.63, 3.8) is 0 Å². The lowest BCUT2D eigenvalue weighted by Gasteiger charge is -2.16. The van der Waals surface area contributed by atoms with Gasteiger partial charge in [-0.3, -0.25) is 14.4 Å². The van der Waals surface area contributed by atoms with Crippen molar-refractivity contribution in [1.29, 1.82) is 0 Å². The fourth-order valence-corrected chi connectivity index (χ4v) is 2.56. The minimum Gasteiger partial charge on any atom is -0.398 e. The third-order valence-electron chi connectivity index (χ3n) is 3.53. The number of nitrogens with two attached hydrogens (primary N) is 1. The first-order chi connectivity index (χ1) is 9.11. The molecule has 1 aromatic carbocycles. The van der Waals surface area contributed by atoms with Crippen molar-refractivity contribution >= 4 is 23.4 Å². The van der Waals surface area contributed by atoms with Crippen LogP contribution in [0, 0.1) is 0 Å². The van der Waals surface area contributed by atoms with E-state index in [1.165, 1.54) is 6.07 Å². The van der Waals surface area contributed by atoms with Crippen molar-refractivity contribution in [2.45, 2.75) is 18.9 Å². The molecule has 2 heterocycles. The Morgan fingerprint density at radius 3 is 2.74 bits per heavy atom. The van der Waals surface area contributed by atoms with Crippen LogP contribution in [0.5, 0.6) is 0 Å². The van der Waals surface area contributed by atoms with Gasteiger partial charge in [0.1, 0.15) is 0 Å². The molecule has 6 nitrogen and oxygen atoms in total. The molecular weight excluding hydrogens is 246 g/mol. The third-order valence-corrected chi connectivity index (χ3v) is 3.53. The lowest BCUT2D eigenvalue weighted by Crippen LogP contribution is -2.46. The zero-order valence-corrected chi connectivity index (χ0v) is 10.2. The molecule has 0 spiro atoms. The SMILES string of the molecule is Nc1cccc2c1C(=O)N(C(=O)[C@H]1CCCN1)C2=O. The van der Waals surface area contributed by atoms with Gasteiger partial charge in [-0.15, -0.1) is 0 Å². The van der Waals surface area contributed by atoms with E-state index in [-0.39, 0.29) is 16.8 Å². The van der Waals surface area contributed by atoms with Crippen LogP contribution in [0.25, 0.3) is 0 Å². The number of rotatable bonds is 1. The van der Waals surface area contributed by atoms with Crippen LogP contribution >= 0.6 is 0 Å². The van der Waals surface area contributed by atoms with Crippen molar-refractivity contribution in [3.8, 4) is 0 Å². The van der Waals surface area contributed by atoms with E-state index in [4.69, 9.17) is 5.73 Å². The van der Waals surface area contributed by atoms with Crippen molar-refractivity contribution in [1.82, 2.24) is 10.2 Å². The maximum Gasteiger partial charge on any atom is 0.270 e. The van der Waals surface area contributed by atoms with Crippen LogP contribution in [0.1, 0.15) is 33.6 Å². The lowest BCUT2D eigenvalue weighted by atomic mass is 10.1. The summed E-state index contributed by atoms with van der Waals surface area (Å²) < 4.78 is 0. The molecule has 0 bridgehead atoms. The summed E-state index contributed by atoms with van der Waals surface area (Å²) in [5, 5.41) is 2.99. The van der Waals surface area contributed by atoms with Gasteiger partial charge in [0.2, 0.25) is 0 Å². The van der Waals surface area contributed by atoms with Crippen LogP contribution in [0.2, 0.25) is 0 Å². The maximum atomic E-state index is 12.2. The van der Waals surface area contributed by atoms with E-state index in [1.54, 1.807) is 12.1 Å². The van der Waals surface area contributed by atoms with Gasteiger partial charge in [0.05, 0.1) is 17.2 Å². The van der Waals surface area contributed by atoms with Gasteiger partial charge < -0.3 is 11.1 Å². The molecule has 0 aliphatic carbocycles. The fourth-order valence-electron chi connectivity index (χ4n) is 2.56. The zero-order chi connectivity index (χ0) is 13.6. The number of carbonyl (C=O) groups excluding carboxylic acids is 3. The summed E-state index contributed by atoms with van der Waals surface area (Å²) >= 11 is 0. The van der Waals surface area contributed by atoms with Gasteiger partial charge in [-0.1, -0.05) is 6.07 Å². The number of imide groups is 3. The highest BCUT2D eigenvalue weighted by Gasteiger charge is 2.43. The van der Waals surface area contributed by atoms with Crippen molar-refractivity contribution in [2.75, 3.05) is 12.3 Å². The highest BCUT2D eigenvalue weighted by atomic mass is 16.2. The monoisotopic (exact) mass is 259 g/mol. The highest BCUT2D eigenvalue weighted by molar-refractivity contribution is 6.31. The zero-order valence-electron chi connectivity index (χ0n) is 10.2. The molecule has 1 aromatic rings. The lowest BCUT2D eigenvalue weighted by molar-refractivity contribution is -0.128. The number of anilines is 1. The second-order valence-corrected chi connectivity index (χ2v) is 4.70. The van der Waals surface area contributed by atoms with Crippen LogP contribution in [0.15, 0.2) is 18.2 Å². The van der Waals surface area contributed by atoms with Gasteiger partial charge in [0.25, 0.3) is 17.7 Å². The molecule has 0 radical (unpaired) electrons. The van der Waals surface area contributed by atoms with Crippen LogP contribution in [0.3, 0.4) is 0 Å². The summed E-state index contributed by atoms with van der Waals surface area (Å²) in [5.41, 5.74) is 6.28. The first kappa shape index (κ1) is 11.9. The molecule has 1 saturated heterocycles. The standard InChI is InChI=1S/C13H13N3O3/c14-8-4-1-3-7-10(8)13(19)16(11(7)17)12(18)9-5-2-6-15-9/h1,3-4,9,15H,2,5-6,14H2/t9-/m1/s1. The summed E-state index contributed by atoms with van der Waals surface area (Å²) in [7, 11) is 0. The van der Waals surface area contributed by atoms with Gasteiger partial charge in [0, 0.05) is 5.69 Å². The first-order valence-corrected chi connectivity index (χ1v) is 6.16. The van der Waals surface area contributed by atoms with E-state index in [9.17, 15) is 14.4 Å². The molecule has 0 unspecified atom stereocenters. The Kier molecular flexibility index (Phi) is 2.60. The summed E-state index contributed by atoms with van der Waals surface area (Å²) in [5.74, 6) is -1.68. The molecule has 98 valence electrons. The molecule has 1 fully saturated rings. The minimum atomic E-state index is -0.614. The summed E-state index contributed by atoms with van der Waals surface area (Å²) in [6.45, 7) is 0.724. The van der Waals surface area contributed by atoms with Crippen LogP contribution in [0.4, 0.5) is 5.69 Å². The molecule has 3 rings (SSSR count). The maximum absolute atomic E-state index is 12.2. The van der Waals surface area contributed by atoms with Gasteiger partial charge in [-0.05, 0) is 31.5 Å². The fraction of sp³-hybridized carbons (Fsp3) is 0.308. The number of fused-ring (bicyclic) bond motifs is 1. The number of nitrogens with one attached hydrogen (secondary N) is 1. The molecule has 2 aliphatic heterocycles. The smallest absolute Gasteiger partial charge is 0.270 e. The van der Waals surface area contributed by atoms with E-state index < -0.39 is 23.8 Å². The second kappa shape index (κ2) is 4.17. The molecule has 2 aliphatic rings. The Morgan fingerprint density at radius 1 is 1.32 bits per heavy atom. The topological polar surface area (TPSA) is 92.5 Å².